The third kappa shape index (κ3) is 5.54. The Kier molecular flexibility index (Phi) is 8.06. The molecule has 0 spiro atoms. The van der Waals surface area contributed by atoms with E-state index in [4.69, 9.17) is 11.6 Å². The minimum Gasteiger partial charge on any atom is -0.612 e. The number of nitrogens with zero attached hydrogens (tertiary/aromatic N) is 2. The van der Waals surface area contributed by atoms with E-state index >= 15 is 0 Å². The van der Waals surface area contributed by atoms with Crippen LogP contribution in [-0.2, 0) is 22.5 Å². The van der Waals surface area contributed by atoms with Crippen molar-refractivity contribution in [1.29, 1.82) is 0 Å². The third-order valence-electron chi connectivity index (χ3n) is 7.57. The fourth-order valence-electron chi connectivity index (χ4n) is 5.32. The standard InChI is InChI=1S/C24H37ClN2O4S/c1-17(12-18-8-6-5-7-9-18)22(29)26-11-10-24(30,23(2,3)15-26)16-27-14-20(32(4)31)19(25)13-21(27)28/h13-14,17-18,30H,5-12,15-16H2,1-4H3. The average Bonchev–Trinajstić information content (AvgIpc) is 2.72. The van der Waals surface area contributed by atoms with Crippen LogP contribution in [-0.4, -0.2) is 50.0 Å². The molecule has 1 aromatic rings. The molecule has 0 radical (unpaired) electrons. The number of likely N-dealkylation sites (tertiary alicyclic amines) is 1. The molecule has 3 unspecified atom stereocenters. The zero-order valence-corrected chi connectivity index (χ0v) is 21.3. The van der Waals surface area contributed by atoms with Crippen molar-refractivity contribution in [2.45, 2.75) is 82.8 Å². The van der Waals surface area contributed by atoms with E-state index in [0.29, 0.717) is 30.3 Å². The van der Waals surface area contributed by atoms with Crippen LogP contribution in [0.2, 0.25) is 5.02 Å². The van der Waals surface area contributed by atoms with Gasteiger partial charge in [0.25, 0.3) is 5.56 Å². The van der Waals surface area contributed by atoms with Crippen LogP contribution < -0.4 is 5.56 Å². The smallest absolute Gasteiger partial charge is 0.252 e. The number of hydrogen-bond acceptors (Lipinski definition) is 4. The van der Waals surface area contributed by atoms with Gasteiger partial charge >= 0.3 is 0 Å². The number of carbonyl (C=O) groups is 1. The molecule has 3 rings (SSSR count). The van der Waals surface area contributed by atoms with Gasteiger partial charge in [0, 0.05) is 30.5 Å². The van der Waals surface area contributed by atoms with Crippen molar-refractivity contribution in [2.75, 3.05) is 19.3 Å². The molecular weight excluding hydrogens is 448 g/mol. The van der Waals surface area contributed by atoms with E-state index in [9.17, 15) is 19.2 Å². The van der Waals surface area contributed by atoms with Crippen LogP contribution in [0.1, 0.15) is 65.7 Å². The summed E-state index contributed by atoms with van der Waals surface area (Å²) >= 11 is 4.72. The van der Waals surface area contributed by atoms with Crippen LogP contribution in [0, 0.1) is 17.3 Å². The van der Waals surface area contributed by atoms with Gasteiger partial charge in [-0.15, -0.1) is 0 Å². The number of aliphatic hydroxyl groups is 1. The zero-order chi connectivity index (χ0) is 23.7. The molecule has 180 valence electrons. The molecule has 0 bridgehead atoms. The highest BCUT2D eigenvalue weighted by atomic mass is 35.5. The molecule has 0 aromatic carbocycles. The highest BCUT2D eigenvalue weighted by molar-refractivity contribution is 7.90. The van der Waals surface area contributed by atoms with Gasteiger partial charge in [0.2, 0.25) is 5.91 Å². The summed E-state index contributed by atoms with van der Waals surface area (Å²) in [5, 5.41) is 11.7. The number of pyridine rings is 1. The molecule has 1 aliphatic carbocycles. The maximum absolute atomic E-state index is 13.2. The fraction of sp³-hybridized carbons (Fsp3) is 0.750. The molecular formula is C24H37ClN2O4S. The van der Waals surface area contributed by atoms with E-state index in [1.165, 1.54) is 55.2 Å². The zero-order valence-electron chi connectivity index (χ0n) is 19.7. The van der Waals surface area contributed by atoms with Gasteiger partial charge in [0.05, 0.1) is 18.3 Å². The molecule has 1 saturated carbocycles. The monoisotopic (exact) mass is 484 g/mol. The molecule has 2 aliphatic rings. The maximum atomic E-state index is 13.2. The maximum Gasteiger partial charge on any atom is 0.252 e. The average molecular weight is 485 g/mol. The van der Waals surface area contributed by atoms with Gasteiger partial charge in [-0.05, 0) is 29.9 Å². The molecule has 1 N–H and O–H groups in total. The van der Waals surface area contributed by atoms with Gasteiger partial charge in [-0.2, -0.15) is 0 Å². The molecule has 2 fully saturated rings. The van der Waals surface area contributed by atoms with Crippen molar-refractivity contribution in [1.82, 2.24) is 9.47 Å². The Morgan fingerprint density at radius 1 is 1.34 bits per heavy atom. The van der Waals surface area contributed by atoms with Crippen molar-refractivity contribution in [3.63, 3.8) is 0 Å². The molecule has 2 heterocycles. The van der Waals surface area contributed by atoms with Crippen LogP contribution in [0.25, 0.3) is 0 Å². The molecule has 3 atom stereocenters. The molecule has 6 nitrogen and oxygen atoms in total. The number of hydrogen-bond donors (Lipinski definition) is 1. The lowest BCUT2D eigenvalue weighted by molar-refractivity contribution is -0.157. The van der Waals surface area contributed by atoms with Gasteiger partial charge in [0.1, 0.15) is 11.3 Å². The Morgan fingerprint density at radius 2 is 2.00 bits per heavy atom. The van der Waals surface area contributed by atoms with Crippen LogP contribution in [0.15, 0.2) is 22.0 Å². The second-order valence-corrected chi connectivity index (χ2v) is 12.2. The Hall–Kier alpha value is -1.02. The first kappa shape index (κ1) is 25.6. The van der Waals surface area contributed by atoms with Gasteiger partial charge < -0.3 is 19.1 Å². The summed E-state index contributed by atoms with van der Waals surface area (Å²) in [6, 6.07) is 1.25. The highest BCUT2D eigenvalue weighted by Crippen LogP contribution is 2.41. The summed E-state index contributed by atoms with van der Waals surface area (Å²) in [5.74, 6) is 0.798. The predicted octanol–water partition coefficient (Wildman–Crippen LogP) is 3.84. The minimum atomic E-state index is -1.35. The van der Waals surface area contributed by atoms with Crippen LogP contribution >= 0.6 is 11.6 Å². The van der Waals surface area contributed by atoms with Crippen LogP contribution in [0.3, 0.4) is 0 Å². The van der Waals surface area contributed by atoms with E-state index in [-0.39, 0.29) is 29.0 Å². The normalized spacial score (nSPS) is 26.0. The van der Waals surface area contributed by atoms with E-state index in [1.54, 1.807) is 0 Å². The van der Waals surface area contributed by atoms with Gasteiger partial charge in [-0.25, -0.2) is 0 Å². The number of aromatic nitrogens is 1. The van der Waals surface area contributed by atoms with Crippen molar-refractivity contribution in [3.05, 3.63) is 27.6 Å². The Labute approximate surface area is 199 Å². The topological polar surface area (TPSA) is 85.6 Å². The number of piperidine rings is 1. The largest absolute Gasteiger partial charge is 0.612 e. The number of rotatable bonds is 6. The first-order chi connectivity index (χ1) is 14.9. The van der Waals surface area contributed by atoms with Crippen molar-refractivity contribution < 1.29 is 14.5 Å². The van der Waals surface area contributed by atoms with E-state index in [0.717, 1.165) is 6.42 Å². The summed E-state index contributed by atoms with van der Waals surface area (Å²) in [7, 11) is 0. The van der Waals surface area contributed by atoms with Gasteiger partial charge in [-0.1, -0.05) is 64.5 Å². The second-order valence-electron chi connectivity index (χ2n) is 10.5. The van der Waals surface area contributed by atoms with Crippen LogP contribution in [0.4, 0.5) is 0 Å². The summed E-state index contributed by atoms with van der Waals surface area (Å²) in [6.07, 6.45) is 10.6. The van der Waals surface area contributed by atoms with Gasteiger partial charge in [-0.3, -0.25) is 9.59 Å². The molecule has 32 heavy (non-hydrogen) atoms. The van der Waals surface area contributed by atoms with Crippen molar-refractivity contribution in [3.8, 4) is 0 Å². The SMILES string of the molecule is CC(CC1CCCCC1)C(=O)N1CCC(O)(Cn2cc([S+](C)[O-])c(Cl)cc2=O)C(C)(C)C1. The Bertz CT molecular complexity index is 881. The first-order valence-corrected chi connectivity index (χ1v) is 13.6. The minimum absolute atomic E-state index is 0.0129. The lowest BCUT2D eigenvalue weighted by Crippen LogP contribution is -2.61. The lowest BCUT2D eigenvalue weighted by atomic mass is 9.69. The number of amides is 1. The van der Waals surface area contributed by atoms with E-state index in [1.807, 2.05) is 25.7 Å². The van der Waals surface area contributed by atoms with E-state index in [2.05, 4.69) is 0 Å². The van der Waals surface area contributed by atoms with Crippen LogP contribution in [0.5, 0.6) is 0 Å². The third-order valence-corrected chi connectivity index (χ3v) is 8.94. The summed E-state index contributed by atoms with van der Waals surface area (Å²) in [5.41, 5.74) is -2.13. The molecule has 1 saturated heterocycles. The highest BCUT2D eigenvalue weighted by Gasteiger charge is 2.49. The predicted molar refractivity (Wildman–Crippen MR) is 128 cm³/mol. The molecule has 1 aromatic heterocycles. The first-order valence-electron chi connectivity index (χ1n) is 11.7. The summed E-state index contributed by atoms with van der Waals surface area (Å²) in [4.78, 5) is 27.9. The molecule has 1 amide bonds. The summed E-state index contributed by atoms with van der Waals surface area (Å²) in [6.45, 7) is 6.88. The van der Waals surface area contributed by atoms with Crippen molar-refractivity contribution >= 4 is 28.7 Å². The van der Waals surface area contributed by atoms with E-state index < -0.39 is 22.2 Å². The van der Waals surface area contributed by atoms with Gasteiger partial charge in [0.15, 0.2) is 4.90 Å². The Morgan fingerprint density at radius 3 is 2.59 bits per heavy atom. The summed E-state index contributed by atoms with van der Waals surface area (Å²) < 4.78 is 13.4. The second kappa shape index (κ2) is 10.1. The lowest BCUT2D eigenvalue weighted by Gasteiger charge is -2.51. The molecule has 8 heteroatoms. The fourth-order valence-corrected chi connectivity index (χ4v) is 6.40. The Balaban J connectivity index is 1.70. The van der Waals surface area contributed by atoms with Crippen molar-refractivity contribution in [2.24, 2.45) is 17.3 Å². The quantitative estimate of drug-likeness (QED) is 0.621. The number of carbonyl (C=O) groups excluding carboxylic acids is 1. The number of halogens is 1. The molecule has 1 aliphatic heterocycles.